The molecule has 0 aromatic carbocycles. The van der Waals surface area contributed by atoms with Gasteiger partial charge in [-0.15, -0.1) is 0 Å². The van der Waals surface area contributed by atoms with E-state index in [9.17, 15) is 8.42 Å². The van der Waals surface area contributed by atoms with Crippen molar-refractivity contribution in [1.82, 2.24) is 4.90 Å². The quantitative estimate of drug-likeness (QED) is 0.715. The minimum absolute atomic E-state index is 0.144. The maximum atomic E-state index is 11.4. The van der Waals surface area contributed by atoms with E-state index in [2.05, 4.69) is 11.8 Å². The van der Waals surface area contributed by atoms with Crippen LogP contribution in [0.4, 0.5) is 0 Å². The summed E-state index contributed by atoms with van der Waals surface area (Å²) in [6.07, 6.45) is 7.85. The molecule has 2 unspecified atom stereocenters. The third-order valence-electron chi connectivity index (χ3n) is 3.85. The van der Waals surface area contributed by atoms with E-state index >= 15 is 0 Å². The van der Waals surface area contributed by atoms with Gasteiger partial charge in [-0.2, -0.15) is 0 Å². The lowest BCUT2D eigenvalue weighted by Gasteiger charge is -2.37. The molecule has 0 aromatic heterocycles. The largest absolute Gasteiger partial charge is 0.299 e. The van der Waals surface area contributed by atoms with E-state index in [0.29, 0.717) is 0 Å². The molecule has 0 radical (unpaired) electrons. The van der Waals surface area contributed by atoms with Crippen LogP contribution >= 0.6 is 0 Å². The van der Waals surface area contributed by atoms with Gasteiger partial charge in [-0.05, 0) is 38.8 Å². The third-order valence-corrected chi connectivity index (χ3v) is 5.10. The Morgan fingerprint density at radius 1 is 1.12 bits per heavy atom. The molecule has 0 N–H and O–H groups in total. The Balaban J connectivity index is 2.69. The van der Waals surface area contributed by atoms with Crippen LogP contribution < -0.4 is 0 Å². The van der Waals surface area contributed by atoms with Gasteiger partial charge in [0.1, 0.15) is 10.7 Å². The van der Waals surface area contributed by atoms with Crippen molar-refractivity contribution in [3.05, 3.63) is 0 Å². The van der Waals surface area contributed by atoms with Gasteiger partial charge in [0.05, 0.1) is 5.25 Å². The second kappa shape index (κ2) is 8.09. The molecule has 1 aliphatic heterocycles. The Hall–Kier alpha value is -0.0900. The Bertz CT molecular complexity index is 265. The normalized spacial score (nSPS) is 21.6. The number of hydrogen-bond donors (Lipinski definition) is 1. The van der Waals surface area contributed by atoms with E-state index in [4.69, 9.17) is 0 Å². The predicted molar refractivity (Wildman–Crippen MR) is 73.1 cm³/mol. The van der Waals surface area contributed by atoms with Crippen LogP contribution in [0.5, 0.6) is 0 Å². The molecule has 102 valence electrons. The molecule has 1 heterocycles. The average Bonchev–Trinajstić information content (AvgIpc) is 2.35. The summed E-state index contributed by atoms with van der Waals surface area (Å²) >= 11 is 0. The first kappa shape index (κ1) is 15.0. The maximum Gasteiger partial charge on any atom is 0.144 e. The van der Waals surface area contributed by atoms with Crippen molar-refractivity contribution in [2.45, 2.75) is 70.1 Å². The summed E-state index contributed by atoms with van der Waals surface area (Å²) in [6.45, 7) is 6.35. The number of thiol groups is 1. The highest BCUT2D eigenvalue weighted by atomic mass is 32.2. The van der Waals surface area contributed by atoms with Gasteiger partial charge < -0.3 is 0 Å². The molecular formula is C13H27NO2S. The van der Waals surface area contributed by atoms with Gasteiger partial charge in [-0.3, -0.25) is 4.90 Å². The Morgan fingerprint density at radius 2 is 1.76 bits per heavy atom. The number of rotatable bonds is 7. The van der Waals surface area contributed by atoms with Crippen LogP contribution in [-0.2, 0) is 10.7 Å². The highest BCUT2D eigenvalue weighted by Gasteiger charge is 2.28. The molecule has 1 fully saturated rings. The fourth-order valence-electron chi connectivity index (χ4n) is 2.84. The monoisotopic (exact) mass is 261 g/mol. The first-order valence-electron chi connectivity index (χ1n) is 7.08. The van der Waals surface area contributed by atoms with E-state index in [-0.39, 0.29) is 11.3 Å². The molecule has 4 heteroatoms. The zero-order valence-electron chi connectivity index (χ0n) is 11.2. The molecule has 0 amide bonds. The minimum atomic E-state index is -2.29. The molecule has 0 saturated carbocycles. The number of unbranched alkanes of at least 4 members (excludes halogenated alkanes) is 1. The van der Waals surface area contributed by atoms with Crippen LogP contribution in [0, 0.1) is 0 Å². The fraction of sp³-hybridized carbons (Fsp3) is 1.00. The summed E-state index contributed by atoms with van der Waals surface area (Å²) in [6, 6.07) is 0.265. The minimum Gasteiger partial charge on any atom is -0.299 e. The molecule has 17 heavy (non-hydrogen) atoms. The van der Waals surface area contributed by atoms with E-state index in [1.165, 1.54) is 19.3 Å². The second-order valence-corrected chi connectivity index (χ2v) is 6.30. The van der Waals surface area contributed by atoms with Crippen molar-refractivity contribution in [2.75, 3.05) is 13.1 Å². The van der Waals surface area contributed by atoms with Gasteiger partial charge in [0.2, 0.25) is 0 Å². The van der Waals surface area contributed by atoms with Crippen LogP contribution in [0.3, 0.4) is 0 Å². The molecule has 0 aromatic rings. The third kappa shape index (κ3) is 4.59. The summed E-state index contributed by atoms with van der Waals surface area (Å²) in [5.74, 6) is 0. The Kier molecular flexibility index (Phi) is 7.12. The van der Waals surface area contributed by atoms with Crippen molar-refractivity contribution in [1.29, 1.82) is 0 Å². The number of hydrogen-bond acceptors (Lipinski definition) is 3. The van der Waals surface area contributed by atoms with Gasteiger partial charge >= 0.3 is 0 Å². The molecule has 1 saturated heterocycles. The van der Waals surface area contributed by atoms with Crippen LogP contribution in [0.2, 0.25) is 0 Å². The lowest BCUT2D eigenvalue weighted by molar-refractivity contribution is 0.147. The summed E-state index contributed by atoms with van der Waals surface area (Å²) in [4.78, 5) is 2.43. The Labute approximate surface area is 108 Å². The molecule has 1 rings (SSSR count). The molecule has 0 spiro atoms. The number of nitrogens with zero attached hydrogens (tertiary/aromatic N) is 1. The van der Waals surface area contributed by atoms with E-state index in [1.807, 2.05) is 6.92 Å². The van der Waals surface area contributed by atoms with Crippen molar-refractivity contribution in [3.8, 4) is 0 Å². The smallest absolute Gasteiger partial charge is 0.144 e. The van der Waals surface area contributed by atoms with Crippen LogP contribution in [0.1, 0.15) is 58.8 Å². The molecule has 2 atom stereocenters. The van der Waals surface area contributed by atoms with Crippen LogP contribution in [-0.4, -0.2) is 37.7 Å². The maximum absolute atomic E-state index is 11.4. The van der Waals surface area contributed by atoms with E-state index in [1.54, 1.807) is 0 Å². The number of likely N-dealkylation sites (tertiary alicyclic amines) is 1. The van der Waals surface area contributed by atoms with Crippen molar-refractivity contribution in [3.63, 3.8) is 0 Å². The second-order valence-electron chi connectivity index (χ2n) is 5.07. The van der Waals surface area contributed by atoms with Crippen LogP contribution in [0.25, 0.3) is 0 Å². The van der Waals surface area contributed by atoms with Crippen molar-refractivity contribution in [2.24, 2.45) is 0 Å². The molecular weight excluding hydrogens is 234 g/mol. The van der Waals surface area contributed by atoms with Gasteiger partial charge in [0, 0.05) is 6.04 Å². The first-order chi connectivity index (χ1) is 8.20. The summed E-state index contributed by atoms with van der Waals surface area (Å²) in [5.41, 5.74) is 0. The molecule has 0 bridgehead atoms. The standard InChI is InChI=1S/C13H27NO2S/c1-3-5-9-12(13(4-2)17(15)16)14-10-7-6-8-11-14/h12-13,17H,3-11H2,1-2H3. The van der Waals surface area contributed by atoms with Gasteiger partial charge in [-0.1, -0.05) is 33.1 Å². The molecule has 3 nitrogen and oxygen atoms in total. The van der Waals surface area contributed by atoms with E-state index < -0.39 is 10.7 Å². The average molecular weight is 261 g/mol. The zero-order valence-corrected chi connectivity index (χ0v) is 12.1. The lowest BCUT2D eigenvalue weighted by atomic mass is 9.99. The number of piperidine rings is 1. The van der Waals surface area contributed by atoms with Crippen molar-refractivity contribution >= 4 is 10.7 Å². The SMILES string of the molecule is CCCCC(C(CC)[SH](=O)=O)N1CCCCC1. The molecule has 0 aliphatic carbocycles. The highest BCUT2D eigenvalue weighted by Crippen LogP contribution is 2.21. The van der Waals surface area contributed by atoms with Gasteiger partial charge in [0.15, 0.2) is 0 Å². The fourth-order valence-corrected chi connectivity index (χ4v) is 3.76. The predicted octanol–water partition coefficient (Wildman–Crippen LogP) is 2.42. The highest BCUT2D eigenvalue weighted by molar-refractivity contribution is 7.73. The summed E-state index contributed by atoms with van der Waals surface area (Å²) in [5, 5.41) is -0.144. The zero-order chi connectivity index (χ0) is 12.7. The summed E-state index contributed by atoms with van der Waals surface area (Å²) in [7, 11) is -2.29. The lowest BCUT2D eigenvalue weighted by Crippen LogP contribution is -2.46. The topological polar surface area (TPSA) is 37.4 Å². The Morgan fingerprint density at radius 3 is 2.24 bits per heavy atom. The first-order valence-corrected chi connectivity index (χ1v) is 8.32. The van der Waals surface area contributed by atoms with Crippen molar-refractivity contribution < 1.29 is 8.42 Å². The summed E-state index contributed by atoms with van der Waals surface area (Å²) < 4.78 is 22.8. The van der Waals surface area contributed by atoms with Crippen LogP contribution in [0.15, 0.2) is 0 Å². The van der Waals surface area contributed by atoms with Gasteiger partial charge in [0.25, 0.3) is 0 Å². The molecule has 1 aliphatic rings. The van der Waals surface area contributed by atoms with Gasteiger partial charge in [-0.25, -0.2) is 8.42 Å². The van der Waals surface area contributed by atoms with E-state index in [0.717, 1.165) is 38.8 Å².